The number of fused-ring (bicyclic) bond motifs is 1. The zero-order valence-electron chi connectivity index (χ0n) is 31.3. The molecular weight excluding hydrogens is 740 g/mol. The Morgan fingerprint density at radius 1 is 1.04 bits per heavy atom. The standard InChI is InChI=1S/C37H41ClN6O9S/c1-11-37(10)24(17-49-26(20(2)45)23-18-54-30(40-23)22-15-13-12-14-16-22)51-31(27(37)50-21(3)46)43-19-39-25-28(43)41-32(38)42-29(25)44(33(47)52-35(4,5)6)34(48)53-36(7,8)9/h1,12-16,18-19,24,26-27,31H,17H2,2-10H3/t24-,26?,27+,31-,37+/m1/s1. The van der Waals surface area contributed by atoms with E-state index in [1.807, 2.05) is 30.3 Å². The molecule has 0 bridgehead atoms. The maximum Gasteiger partial charge on any atom is 0.425 e. The number of imidazole rings is 1. The van der Waals surface area contributed by atoms with E-state index in [-0.39, 0.29) is 34.7 Å². The number of thiazole rings is 1. The maximum atomic E-state index is 13.5. The number of ketones is 1. The predicted octanol–water partition coefficient (Wildman–Crippen LogP) is 7.10. The third-order valence-electron chi connectivity index (χ3n) is 8.04. The molecule has 1 saturated heterocycles. The molecule has 54 heavy (non-hydrogen) atoms. The number of ether oxygens (including phenoxy) is 5. The minimum Gasteiger partial charge on any atom is -0.456 e. The van der Waals surface area contributed by atoms with Crippen LogP contribution in [0.1, 0.15) is 80.3 Å². The molecule has 0 saturated carbocycles. The first-order valence-electron chi connectivity index (χ1n) is 16.8. The number of anilines is 1. The van der Waals surface area contributed by atoms with Crippen molar-refractivity contribution < 1.29 is 42.9 Å². The summed E-state index contributed by atoms with van der Waals surface area (Å²) in [7, 11) is 0. The molecule has 4 heterocycles. The number of rotatable bonds is 9. The van der Waals surface area contributed by atoms with E-state index in [2.05, 4.69) is 25.9 Å². The summed E-state index contributed by atoms with van der Waals surface area (Å²) in [6, 6.07) is 9.52. The average molecular weight is 781 g/mol. The molecule has 0 spiro atoms. The molecule has 1 aliphatic heterocycles. The van der Waals surface area contributed by atoms with Gasteiger partial charge in [0.05, 0.1) is 24.0 Å². The number of carbonyl (C=O) groups excluding carboxylic acids is 4. The van der Waals surface area contributed by atoms with Crippen LogP contribution in [0.5, 0.6) is 0 Å². The molecule has 2 amide bonds. The lowest BCUT2D eigenvalue weighted by Crippen LogP contribution is -2.44. The Morgan fingerprint density at radius 2 is 1.67 bits per heavy atom. The SMILES string of the molecule is C#C[C@@]1(C)[C@@H](COC(C(C)=O)c2csc(-c3ccccc3)n2)O[C@@H](n2cnc3c(N(C(=O)OC(C)(C)C)C(=O)OC(C)(C)C)nc(Cl)nc32)[C@@H]1OC(C)=O. The molecule has 0 aliphatic carbocycles. The number of terminal acetylenes is 1. The molecule has 1 aliphatic rings. The van der Waals surface area contributed by atoms with E-state index < -0.39 is 59.3 Å². The van der Waals surface area contributed by atoms with Gasteiger partial charge in [-0.15, -0.1) is 17.8 Å². The van der Waals surface area contributed by atoms with Crippen molar-refractivity contribution in [1.82, 2.24) is 24.5 Å². The summed E-state index contributed by atoms with van der Waals surface area (Å²) in [4.78, 5) is 70.6. The van der Waals surface area contributed by atoms with Crippen molar-refractivity contribution >= 4 is 63.9 Å². The number of halogens is 1. The van der Waals surface area contributed by atoms with E-state index in [0.29, 0.717) is 15.6 Å². The highest BCUT2D eigenvalue weighted by atomic mass is 35.5. The van der Waals surface area contributed by atoms with Crippen LogP contribution in [0.15, 0.2) is 42.0 Å². The molecule has 0 N–H and O–H groups in total. The van der Waals surface area contributed by atoms with Crippen LogP contribution in [-0.2, 0) is 33.3 Å². The fraction of sp³-hybridized carbons (Fsp3) is 0.459. The summed E-state index contributed by atoms with van der Waals surface area (Å²) in [6.45, 7) is 13.8. The van der Waals surface area contributed by atoms with Crippen LogP contribution in [0.2, 0.25) is 5.28 Å². The fourth-order valence-electron chi connectivity index (χ4n) is 5.61. The number of esters is 1. The smallest absolute Gasteiger partial charge is 0.425 e. The lowest BCUT2D eigenvalue weighted by molar-refractivity contribution is -0.155. The molecule has 0 radical (unpaired) electrons. The number of carbonyl (C=O) groups is 4. The molecule has 17 heteroatoms. The van der Waals surface area contributed by atoms with Gasteiger partial charge < -0.3 is 23.7 Å². The first kappa shape index (κ1) is 40.2. The Balaban J connectivity index is 1.53. The molecule has 1 aromatic carbocycles. The van der Waals surface area contributed by atoms with Crippen molar-refractivity contribution in [2.45, 2.75) is 98.1 Å². The summed E-state index contributed by atoms with van der Waals surface area (Å²) in [5.74, 6) is 1.42. The van der Waals surface area contributed by atoms with E-state index in [1.165, 1.54) is 36.1 Å². The van der Waals surface area contributed by atoms with E-state index >= 15 is 0 Å². The maximum absolute atomic E-state index is 13.5. The lowest BCUT2D eigenvalue weighted by atomic mass is 9.81. The second-order valence-corrected chi connectivity index (χ2v) is 15.9. The van der Waals surface area contributed by atoms with Crippen LogP contribution >= 0.6 is 22.9 Å². The van der Waals surface area contributed by atoms with Gasteiger partial charge >= 0.3 is 18.2 Å². The highest BCUT2D eigenvalue weighted by Crippen LogP contribution is 2.47. The highest BCUT2D eigenvalue weighted by molar-refractivity contribution is 7.13. The Kier molecular flexibility index (Phi) is 11.5. The van der Waals surface area contributed by atoms with Gasteiger partial charge in [0.2, 0.25) is 5.28 Å². The topological polar surface area (TPSA) is 174 Å². The van der Waals surface area contributed by atoms with Crippen LogP contribution in [-0.4, -0.2) is 78.5 Å². The Bertz CT molecular complexity index is 2070. The summed E-state index contributed by atoms with van der Waals surface area (Å²) in [5.41, 5.74) is -2.13. The summed E-state index contributed by atoms with van der Waals surface area (Å²) < 4.78 is 30.9. The van der Waals surface area contributed by atoms with Gasteiger partial charge in [0.15, 0.2) is 41.2 Å². The second kappa shape index (κ2) is 15.4. The largest absolute Gasteiger partial charge is 0.456 e. The van der Waals surface area contributed by atoms with E-state index in [9.17, 15) is 19.2 Å². The van der Waals surface area contributed by atoms with Gasteiger partial charge in [-0.05, 0) is 67.0 Å². The molecular formula is C37H41ClN6O9S. The predicted molar refractivity (Wildman–Crippen MR) is 199 cm³/mol. The molecule has 3 aromatic heterocycles. The minimum absolute atomic E-state index is 0.0114. The molecule has 1 unspecified atom stereocenters. The van der Waals surface area contributed by atoms with Gasteiger partial charge in [-0.3, -0.25) is 14.2 Å². The zero-order valence-corrected chi connectivity index (χ0v) is 32.9. The Hall–Kier alpha value is -4.95. The van der Waals surface area contributed by atoms with Crippen molar-refractivity contribution in [1.29, 1.82) is 0 Å². The first-order valence-corrected chi connectivity index (χ1v) is 18.1. The van der Waals surface area contributed by atoms with Gasteiger partial charge in [-0.1, -0.05) is 36.3 Å². The number of amides is 2. The second-order valence-electron chi connectivity index (χ2n) is 14.7. The van der Waals surface area contributed by atoms with Gasteiger partial charge in [-0.2, -0.15) is 14.9 Å². The van der Waals surface area contributed by atoms with Crippen LogP contribution in [0.4, 0.5) is 15.4 Å². The summed E-state index contributed by atoms with van der Waals surface area (Å²) in [6.07, 6.45) is 0.842. The molecule has 5 atom stereocenters. The quantitative estimate of drug-likeness (QED) is 0.0729. The zero-order chi connectivity index (χ0) is 39.7. The number of benzene rings is 1. The molecule has 4 aromatic rings. The molecule has 286 valence electrons. The van der Waals surface area contributed by atoms with Crippen LogP contribution in [0, 0.1) is 17.8 Å². The summed E-state index contributed by atoms with van der Waals surface area (Å²) in [5, 5.41) is 2.09. The van der Waals surface area contributed by atoms with Gasteiger partial charge in [-0.25, -0.2) is 19.6 Å². The van der Waals surface area contributed by atoms with Gasteiger partial charge in [0.25, 0.3) is 0 Å². The van der Waals surface area contributed by atoms with Crippen molar-refractivity contribution in [2.24, 2.45) is 5.41 Å². The van der Waals surface area contributed by atoms with Crippen LogP contribution in [0.3, 0.4) is 0 Å². The lowest BCUT2D eigenvalue weighted by Gasteiger charge is -2.30. The number of aromatic nitrogens is 5. The van der Waals surface area contributed by atoms with Crippen molar-refractivity contribution in [3.05, 3.63) is 53.0 Å². The normalized spacial score (nSPS) is 20.6. The molecule has 15 nitrogen and oxygen atoms in total. The van der Waals surface area contributed by atoms with Gasteiger partial charge in [0, 0.05) is 17.9 Å². The van der Waals surface area contributed by atoms with Crippen molar-refractivity contribution in [3.63, 3.8) is 0 Å². The molecule has 1 fully saturated rings. The Labute approximate surface area is 321 Å². The van der Waals surface area contributed by atoms with Gasteiger partial charge in [0.1, 0.15) is 22.3 Å². The van der Waals surface area contributed by atoms with Crippen LogP contribution < -0.4 is 4.90 Å². The van der Waals surface area contributed by atoms with Crippen molar-refractivity contribution in [2.75, 3.05) is 11.5 Å². The van der Waals surface area contributed by atoms with E-state index in [4.69, 9.17) is 41.7 Å². The van der Waals surface area contributed by atoms with E-state index in [0.717, 1.165) is 5.56 Å². The average Bonchev–Trinajstić information content (AvgIpc) is 3.77. The number of nitrogens with zero attached hydrogens (tertiary/aromatic N) is 6. The monoisotopic (exact) mass is 780 g/mol. The number of imide groups is 1. The Morgan fingerprint density at radius 3 is 2.22 bits per heavy atom. The highest BCUT2D eigenvalue weighted by Gasteiger charge is 2.56. The number of Topliss-reactive ketones (excluding diaryl/α,β-unsaturated/α-hetero) is 1. The minimum atomic E-state index is -1.33. The summed E-state index contributed by atoms with van der Waals surface area (Å²) >= 11 is 7.79. The molecule has 5 rings (SSSR count). The third kappa shape index (κ3) is 8.71. The fourth-order valence-corrected chi connectivity index (χ4v) is 6.61. The third-order valence-corrected chi connectivity index (χ3v) is 9.11. The van der Waals surface area contributed by atoms with Crippen molar-refractivity contribution in [3.8, 4) is 22.9 Å². The van der Waals surface area contributed by atoms with Crippen LogP contribution in [0.25, 0.3) is 21.7 Å². The number of hydrogen-bond donors (Lipinski definition) is 0. The number of hydrogen-bond acceptors (Lipinski definition) is 14. The van der Waals surface area contributed by atoms with E-state index in [1.54, 1.807) is 53.8 Å². The first-order chi connectivity index (χ1) is 25.2.